The van der Waals surface area contributed by atoms with Crippen LogP contribution in [0.3, 0.4) is 0 Å². The Kier molecular flexibility index (Phi) is 6.79. The number of rotatable bonds is 8. The number of aromatic nitrogens is 4. The highest BCUT2D eigenvalue weighted by atomic mass is 16.1. The highest BCUT2D eigenvalue weighted by Gasteiger charge is 2.17. The van der Waals surface area contributed by atoms with Gasteiger partial charge in [-0.3, -0.25) is 9.78 Å². The zero-order chi connectivity index (χ0) is 23.4. The van der Waals surface area contributed by atoms with Crippen molar-refractivity contribution in [3.8, 4) is 22.5 Å². The van der Waals surface area contributed by atoms with E-state index in [-0.39, 0.29) is 17.9 Å². The maximum Gasteiger partial charge on any atom is 0.251 e. The van der Waals surface area contributed by atoms with E-state index in [4.69, 9.17) is 9.97 Å². The summed E-state index contributed by atoms with van der Waals surface area (Å²) in [4.78, 5) is 22.7. The molecule has 0 saturated carbocycles. The van der Waals surface area contributed by atoms with Crippen LogP contribution in [0.25, 0.3) is 28.2 Å². The van der Waals surface area contributed by atoms with Gasteiger partial charge in [0.05, 0.1) is 23.1 Å². The summed E-state index contributed by atoms with van der Waals surface area (Å²) in [6.45, 7) is 9.67. The van der Waals surface area contributed by atoms with Crippen LogP contribution in [0.5, 0.6) is 0 Å². The average Bonchev–Trinajstić information content (AvgIpc) is 3.26. The fourth-order valence-corrected chi connectivity index (χ4v) is 3.70. The zero-order valence-corrected chi connectivity index (χ0v) is 19.5. The minimum atomic E-state index is -0.111. The Morgan fingerprint density at radius 1 is 1.03 bits per heavy atom. The molecule has 0 saturated heterocycles. The van der Waals surface area contributed by atoms with E-state index in [0.717, 1.165) is 29.1 Å². The van der Waals surface area contributed by atoms with Crippen LogP contribution in [0.2, 0.25) is 0 Å². The Bertz CT molecular complexity index is 1250. The lowest BCUT2D eigenvalue weighted by atomic mass is 10.0. The maximum absolute atomic E-state index is 12.9. The lowest BCUT2D eigenvalue weighted by Crippen LogP contribution is -2.38. The molecule has 0 aliphatic rings. The molecular formula is C26H30N6O. The van der Waals surface area contributed by atoms with Crippen molar-refractivity contribution in [2.75, 3.05) is 13.1 Å². The normalized spacial score (nSPS) is 12.3. The van der Waals surface area contributed by atoms with Gasteiger partial charge in [0.25, 0.3) is 5.91 Å². The van der Waals surface area contributed by atoms with Gasteiger partial charge in [0.2, 0.25) is 0 Å². The molecule has 0 bridgehead atoms. The number of carbonyl (C=O) groups is 1. The van der Waals surface area contributed by atoms with Gasteiger partial charge in [-0.15, -0.1) is 0 Å². The highest BCUT2D eigenvalue weighted by Crippen LogP contribution is 2.27. The van der Waals surface area contributed by atoms with Crippen LogP contribution in [0.1, 0.15) is 49.7 Å². The van der Waals surface area contributed by atoms with Gasteiger partial charge in [-0.25, -0.2) is 9.50 Å². The largest absolute Gasteiger partial charge is 0.350 e. The number of fused-ring (bicyclic) bond motifs is 1. The molecule has 1 amide bonds. The fourth-order valence-electron chi connectivity index (χ4n) is 3.70. The quantitative estimate of drug-likeness (QED) is 0.425. The predicted octanol–water partition coefficient (Wildman–Crippen LogP) is 4.31. The monoisotopic (exact) mass is 442 g/mol. The molecule has 3 aromatic heterocycles. The van der Waals surface area contributed by atoms with E-state index in [2.05, 4.69) is 43.4 Å². The van der Waals surface area contributed by atoms with Gasteiger partial charge in [-0.2, -0.15) is 5.10 Å². The third-order valence-corrected chi connectivity index (χ3v) is 5.53. The van der Waals surface area contributed by atoms with E-state index in [9.17, 15) is 4.79 Å². The molecule has 0 aliphatic carbocycles. The molecule has 1 aromatic carbocycles. The van der Waals surface area contributed by atoms with Crippen molar-refractivity contribution in [1.29, 1.82) is 0 Å². The van der Waals surface area contributed by atoms with Crippen LogP contribution in [-0.4, -0.2) is 44.6 Å². The molecule has 0 unspecified atom stereocenters. The van der Waals surface area contributed by atoms with Gasteiger partial charge < -0.3 is 10.6 Å². The first kappa shape index (κ1) is 22.6. The summed E-state index contributed by atoms with van der Waals surface area (Å²) in [6.07, 6.45) is 3.66. The minimum Gasteiger partial charge on any atom is -0.350 e. The van der Waals surface area contributed by atoms with Crippen molar-refractivity contribution in [2.45, 2.75) is 39.7 Å². The number of nitrogens with zero attached hydrogens (tertiary/aromatic N) is 4. The zero-order valence-electron chi connectivity index (χ0n) is 19.5. The highest BCUT2D eigenvalue weighted by molar-refractivity contribution is 5.95. The van der Waals surface area contributed by atoms with Gasteiger partial charge in [0.15, 0.2) is 5.65 Å². The van der Waals surface area contributed by atoms with E-state index in [1.807, 2.05) is 54.7 Å². The van der Waals surface area contributed by atoms with Crippen LogP contribution in [0.15, 0.2) is 60.9 Å². The standard InChI is InChI=1S/C26H30N6O/c1-5-27-18(4)15-28-26(33)20-13-23(17(2)3)30-24(14-20)21-16-29-32-12-11-22(31-25(21)32)19-9-7-6-8-10-19/h6-14,16-18,27H,5,15H2,1-4H3,(H,28,33)/t18-/m0/s1. The minimum absolute atomic E-state index is 0.111. The van der Waals surface area contributed by atoms with Crippen molar-refractivity contribution >= 4 is 11.6 Å². The molecule has 170 valence electrons. The third-order valence-electron chi connectivity index (χ3n) is 5.53. The summed E-state index contributed by atoms with van der Waals surface area (Å²) in [5, 5.41) is 10.8. The molecule has 0 spiro atoms. The Labute approximate surface area is 194 Å². The van der Waals surface area contributed by atoms with Crippen LogP contribution in [0.4, 0.5) is 0 Å². The second kappa shape index (κ2) is 9.92. The van der Waals surface area contributed by atoms with Gasteiger partial charge in [0.1, 0.15) is 0 Å². The molecule has 33 heavy (non-hydrogen) atoms. The number of likely N-dealkylation sites (N-methyl/N-ethyl adjacent to an activating group) is 1. The molecular weight excluding hydrogens is 412 g/mol. The second-order valence-electron chi connectivity index (χ2n) is 8.49. The van der Waals surface area contributed by atoms with Crippen molar-refractivity contribution in [2.24, 2.45) is 0 Å². The molecule has 3 heterocycles. The van der Waals surface area contributed by atoms with Gasteiger partial charge in [-0.05, 0) is 37.6 Å². The molecule has 7 heteroatoms. The number of hydrogen-bond acceptors (Lipinski definition) is 5. The molecule has 7 nitrogen and oxygen atoms in total. The van der Waals surface area contributed by atoms with Crippen molar-refractivity contribution in [3.05, 3.63) is 72.2 Å². The third kappa shape index (κ3) is 5.09. The van der Waals surface area contributed by atoms with E-state index >= 15 is 0 Å². The Balaban J connectivity index is 1.73. The second-order valence-corrected chi connectivity index (χ2v) is 8.49. The van der Waals surface area contributed by atoms with Crippen LogP contribution in [0, 0.1) is 0 Å². The van der Waals surface area contributed by atoms with E-state index in [0.29, 0.717) is 23.4 Å². The maximum atomic E-state index is 12.9. The molecule has 0 radical (unpaired) electrons. The summed E-state index contributed by atoms with van der Waals surface area (Å²) in [5.74, 6) is 0.0616. The van der Waals surface area contributed by atoms with Crippen molar-refractivity contribution in [3.63, 3.8) is 0 Å². The van der Waals surface area contributed by atoms with E-state index < -0.39 is 0 Å². The number of carbonyl (C=O) groups excluding carboxylic acids is 1. The van der Waals surface area contributed by atoms with Crippen LogP contribution in [-0.2, 0) is 0 Å². The Morgan fingerprint density at radius 2 is 1.82 bits per heavy atom. The lowest BCUT2D eigenvalue weighted by Gasteiger charge is -2.15. The average molecular weight is 443 g/mol. The molecule has 0 fully saturated rings. The van der Waals surface area contributed by atoms with Crippen molar-refractivity contribution in [1.82, 2.24) is 30.2 Å². The number of benzene rings is 1. The van der Waals surface area contributed by atoms with Gasteiger partial charge in [-0.1, -0.05) is 51.1 Å². The molecule has 4 aromatic rings. The van der Waals surface area contributed by atoms with Crippen molar-refractivity contribution < 1.29 is 4.79 Å². The summed E-state index contributed by atoms with van der Waals surface area (Å²) < 4.78 is 1.74. The fraction of sp³-hybridized carbons (Fsp3) is 0.308. The molecule has 2 N–H and O–H groups in total. The van der Waals surface area contributed by atoms with Gasteiger partial charge in [0, 0.05) is 35.6 Å². The first-order chi connectivity index (χ1) is 16.0. The molecule has 1 atom stereocenters. The lowest BCUT2D eigenvalue weighted by molar-refractivity contribution is 0.0950. The number of amides is 1. The molecule has 0 aliphatic heterocycles. The number of nitrogens with one attached hydrogen (secondary N) is 2. The summed E-state index contributed by atoms with van der Waals surface area (Å²) in [5.41, 5.74) is 5.54. The van der Waals surface area contributed by atoms with E-state index in [1.54, 1.807) is 10.7 Å². The Morgan fingerprint density at radius 3 is 2.55 bits per heavy atom. The first-order valence-corrected chi connectivity index (χ1v) is 11.4. The number of hydrogen-bond donors (Lipinski definition) is 2. The number of pyridine rings is 1. The van der Waals surface area contributed by atoms with Crippen LogP contribution < -0.4 is 10.6 Å². The molecule has 4 rings (SSSR count). The predicted molar refractivity (Wildman–Crippen MR) is 131 cm³/mol. The summed E-state index contributed by atoms with van der Waals surface area (Å²) >= 11 is 0. The topological polar surface area (TPSA) is 84.2 Å². The van der Waals surface area contributed by atoms with Gasteiger partial charge >= 0.3 is 0 Å². The Hall–Kier alpha value is -3.58. The first-order valence-electron chi connectivity index (χ1n) is 11.4. The van der Waals surface area contributed by atoms with Crippen LogP contribution >= 0.6 is 0 Å². The smallest absolute Gasteiger partial charge is 0.251 e. The summed E-state index contributed by atoms with van der Waals surface area (Å²) in [6, 6.07) is 15.9. The van der Waals surface area contributed by atoms with E-state index in [1.165, 1.54) is 0 Å². The summed E-state index contributed by atoms with van der Waals surface area (Å²) in [7, 11) is 0. The SMILES string of the molecule is CCN[C@@H](C)CNC(=O)c1cc(-c2cnn3ccc(-c4ccccc4)nc23)nc(C(C)C)c1.